The van der Waals surface area contributed by atoms with Crippen molar-refractivity contribution in [3.05, 3.63) is 64.4 Å². The minimum absolute atomic E-state index is 0.00842. The van der Waals surface area contributed by atoms with Gasteiger partial charge in [0.1, 0.15) is 0 Å². The fraction of sp³-hybridized carbons (Fsp3) is 0.316. The summed E-state index contributed by atoms with van der Waals surface area (Å²) in [5.74, 6) is 0.0849. The number of aromatic nitrogens is 4. The summed E-state index contributed by atoms with van der Waals surface area (Å²) in [6.07, 6.45) is 1.57. The van der Waals surface area contributed by atoms with Gasteiger partial charge in [-0.05, 0) is 24.7 Å². The molecule has 0 spiro atoms. The number of carbonyl (C=O) groups is 1. The maximum Gasteiger partial charge on any atom is 0.316 e. The Labute approximate surface area is 161 Å². The number of carbonyl (C=O) groups excluding carboxylic acids is 1. The quantitative estimate of drug-likeness (QED) is 0.658. The van der Waals surface area contributed by atoms with Crippen LogP contribution in [0.15, 0.2) is 51.9 Å². The largest absolute Gasteiger partial charge is 0.332 e. The van der Waals surface area contributed by atoms with Crippen LogP contribution in [0.5, 0.6) is 0 Å². The smallest absolute Gasteiger partial charge is 0.316 e. The standard InChI is InChI=1S/C19H20N6O3/c1-23-8-10-24(11-9-23)19(27)18-21-17(22-28-18)15-5-2-4-14(12-15)13-25-16(26)6-3-7-20-25/h2-7,12H,8-11,13H2,1H3. The highest BCUT2D eigenvalue weighted by molar-refractivity contribution is 5.90. The highest BCUT2D eigenvalue weighted by Gasteiger charge is 2.25. The molecule has 0 unspecified atom stereocenters. The Morgan fingerprint density at radius 3 is 2.75 bits per heavy atom. The molecule has 2 aromatic heterocycles. The fourth-order valence-electron chi connectivity index (χ4n) is 3.06. The van der Waals surface area contributed by atoms with Crippen LogP contribution in [0.4, 0.5) is 0 Å². The molecule has 1 aromatic carbocycles. The van der Waals surface area contributed by atoms with E-state index in [2.05, 4.69) is 20.1 Å². The predicted molar refractivity (Wildman–Crippen MR) is 101 cm³/mol. The Morgan fingerprint density at radius 2 is 1.96 bits per heavy atom. The predicted octanol–water partition coefficient (Wildman–Crippen LogP) is 0.729. The van der Waals surface area contributed by atoms with E-state index in [4.69, 9.17) is 4.52 Å². The monoisotopic (exact) mass is 380 g/mol. The molecular weight excluding hydrogens is 360 g/mol. The van der Waals surface area contributed by atoms with Crippen LogP contribution >= 0.6 is 0 Å². The van der Waals surface area contributed by atoms with Crippen molar-refractivity contribution in [2.24, 2.45) is 0 Å². The molecule has 0 bridgehead atoms. The van der Waals surface area contributed by atoms with E-state index in [1.165, 1.54) is 10.7 Å². The summed E-state index contributed by atoms with van der Waals surface area (Å²) in [7, 11) is 2.03. The van der Waals surface area contributed by atoms with Gasteiger partial charge in [0.2, 0.25) is 5.82 Å². The van der Waals surface area contributed by atoms with Gasteiger partial charge in [0.15, 0.2) is 0 Å². The number of hydrogen-bond acceptors (Lipinski definition) is 7. The number of nitrogens with zero attached hydrogens (tertiary/aromatic N) is 6. The molecule has 3 aromatic rings. The van der Waals surface area contributed by atoms with Crippen molar-refractivity contribution < 1.29 is 9.32 Å². The van der Waals surface area contributed by atoms with Gasteiger partial charge in [0, 0.05) is 44.0 Å². The summed E-state index contributed by atoms with van der Waals surface area (Å²) in [4.78, 5) is 32.6. The zero-order chi connectivity index (χ0) is 19.5. The second-order valence-electron chi connectivity index (χ2n) is 6.74. The topological polar surface area (TPSA) is 97.4 Å². The molecule has 1 aliphatic heterocycles. The van der Waals surface area contributed by atoms with Crippen LogP contribution in [-0.4, -0.2) is 68.9 Å². The van der Waals surface area contributed by atoms with E-state index in [-0.39, 0.29) is 17.4 Å². The van der Waals surface area contributed by atoms with Crippen molar-refractivity contribution in [3.63, 3.8) is 0 Å². The second kappa shape index (κ2) is 7.73. The summed E-state index contributed by atoms with van der Waals surface area (Å²) in [5.41, 5.74) is 1.41. The summed E-state index contributed by atoms with van der Waals surface area (Å²) < 4.78 is 6.58. The van der Waals surface area contributed by atoms with Crippen LogP contribution in [0.3, 0.4) is 0 Å². The minimum Gasteiger partial charge on any atom is -0.332 e. The Hall–Kier alpha value is -3.33. The lowest BCUT2D eigenvalue weighted by Gasteiger charge is -2.31. The molecule has 0 N–H and O–H groups in total. The van der Waals surface area contributed by atoms with Gasteiger partial charge < -0.3 is 14.3 Å². The molecule has 9 heteroatoms. The van der Waals surface area contributed by atoms with E-state index in [1.54, 1.807) is 17.2 Å². The lowest BCUT2D eigenvalue weighted by Crippen LogP contribution is -2.47. The third-order valence-corrected chi connectivity index (χ3v) is 4.70. The summed E-state index contributed by atoms with van der Waals surface area (Å²) in [6, 6.07) is 10.5. The minimum atomic E-state index is -0.247. The normalized spacial score (nSPS) is 15.0. The third-order valence-electron chi connectivity index (χ3n) is 4.70. The zero-order valence-electron chi connectivity index (χ0n) is 15.5. The second-order valence-corrected chi connectivity index (χ2v) is 6.74. The number of likely N-dealkylation sites (N-methyl/N-ethyl adjacent to an activating group) is 1. The molecule has 28 heavy (non-hydrogen) atoms. The summed E-state index contributed by atoms with van der Waals surface area (Å²) in [6.45, 7) is 3.25. The molecule has 144 valence electrons. The van der Waals surface area contributed by atoms with Gasteiger partial charge in [-0.15, -0.1) is 0 Å². The highest BCUT2D eigenvalue weighted by atomic mass is 16.5. The van der Waals surface area contributed by atoms with Crippen molar-refractivity contribution in [2.45, 2.75) is 6.54 Å². The molecule has 1 fully saturated rings. The van der Waals surface area contributed by atoms with Crippen molar-refractivity contribution >= 4 is 5.91 Å². The Kier molecular flexibility index (Phi) is 4.98. The lowest BCUT2D eigenvalue weighted by molar-refractivity contribution is 0.0615. The maximum absolute atomic E-state index is 12.6. The molecule has 0 saturated carbocycles. The van der Waals surface area contributed by atoms with Crippen molar-refractivity contribution in [1.82, 2.24) is 29.7 Å². The Morgan fingerprint density at radius 1 is 1.14 bits per heavy atom. The van der Waals surface area contributed by atoms with Crippen LogP contribution in [0.2, 0.25) is 0 Å². The van der Waals surface area contributed by atoms with Gasteiger partial charge in [-0.1, -0.05) is 23.4 Å². The van der Waals surface area contributed by atoms with Gasteiger partial charge in [0.05, 0.1) is 6.54 Å². The number of amides is 1. The van der Waals surface area contributed by atoms with E-state index < -0.39 is 0 Å². The van der Waals surface area contributed by atoms with E-state index in [0.717, 1.165) is 18.7 Å². The molecule has 4 rings (SSSR count). The lowest BCUT2D eigenvalue weighted by atomic mass is 10.1. The third kappa shape index (κ3) is 3.84. The Bertz CT molecular complexity index is 1040. The maximum atomic E-state index is 12.6. The molecular formula is C19H20N6O3. The van der Waals surface area contributed by atoms with Gasteiger partial charge in [-0.2, -0.15) is 10.1 Å². The van der Waals surface area contributed by atoms with Crippen LogP contribution < -0.4 is 5.56 Å². The number of piperazine rings is 1. The molecule has 1 aliphatic rings. The molecule has 3 heterocycles. The summed E-state index contributed by atoms with van der Waals surface area (Å²) >= 11 is 0. The van der Waals surface area contributed by atoms with Crippen molar-refractivity contribution in [1.29, 1.82) is 0 Å². The van der Waals surface area contributed by atoms with Crippen molar-refractivity contribution in [3.8, 4) is 11.4 Å². The van der Waals surface area contributed by atoms with Crippen LogP contribution in [-0.2, 0) is 6.54 Å². The van der Waals surface area contributed by atoms with Crippen LogP contribution in [0.1, 0.15) is 16.2 Å². The molecule has 9 nitrogen and oxygen atoms in total. The van der Waals surface area contributed by atoms with Gasteiger partial charge in [-0.3, -0.25) is 9.59 Å². The van der Waals surface area contributed by atoms with Gasteiger partial charge in [-0.25, -0.2) is 4.68 Å². The average Bonchev–Trinajstić information content (AvgIpc) is 3.20. The van der Waals surface area contributed by atoms with E-state index in [9.17, 15) is 9.59 Å². The molecule has 1 amide bonds. The number of rotatable bonds is 4. The fourth-order valence-corrected chi connectivity index (χ4v) is 3.06. The van der Waals surface area contributed by atoms with Crippen LogP contribution in [0, 0.1) is 0 Å². The molecule has 0 radical (unpaired) electrons. The molecule has 1 saturated heterocycles. The molecule has 0 aliphatic carbocycles. The SMILES string of the molecule is CN1CCN(C(=O)c2nc(-c3cccc(Cn4ncccc4=O)c3)no2)CC1. The van der Waals surface area contributed by atoms with Crippen LogP contribution in [0.25, 0.3) is 11.4 Å². The first-order valence-corrected chi connectivity index (χ1v) is 9.03. The molecule has 0 atom stereocenters. The first-order chi connectivity index (χ1) is 13.6. The summed E-state index contributed by atoms with van der Waals surface area (Å²) in [5, 5.41) is 8.02. The Balaban J connectivity index is 1.52. The zero-order valence-corrected chi connectivity index (χ0v) is 15.5. The van der Waals surface area contributed by atoms with E-state index >= 15 is 0 Å². The average molecular weight is 380 g/mol. The van der Waals surface area contributed by atoms with Crippen molar-refractivity contribution in [2.75, 3.05) is 33.2 Å². The number of hydrogen-bond donors (Lipinski definition) is 0. The van der Waals surface area contributed by atoms with E-state index in [1.807, 2.05) is 31.3 Å². The highest BCUT2D eigenvalue weighted by Crippen LogP contribution is 2.18. The first kappa shape index (κ1) is 18.1. The number of benzene rings is 1. The van der Waals surface area contributed by atoms with E-state index in [0.29, 0.717) is 31.0 Å². The van der Waals surface area contributed by atoms with Gasteiger partial charge >= 0.3 is 11.8 Å². The first-order valence-electron chi connectivity index (χ1n) is 9.03. The van der Waals surface area contributed by atoms with Gasteiger partial charge in [0.25, 0.3) is 5.56 Å².